The quantitative estimate of drug-likeness (QED) is 0.142. The Hall–Kier alpha value is -5.50. The largest absolute Gasteiger partial charge is 0.485 e. The van der Waals surface area contributed by atoms with Crippen LogP contribution in [0.5, 0.6) is 11.5 Å². The molecule has 8 heteroatoms. The van der Waals surface area contributed by atoms with E-state index in [1.807, 2.05) is 109 Å². The van der Waals surface area contributed by atoms with Crippen molar-refractivity contribution in [3.8, 4) is 11.5 Å². The number of carboxylic acid groups (broad SMARTS) is 1. The van der Waals surface area contributed by atoms with Crippen LogP contribution in [0.25, 0.3) is 0 Å². The number of benzene rings is 4. The molecule has 0 saturated heterocycles. The summed E-state index contributed by atoms with van der Waals surface area (Å²) in [6, 6.07) is 35.6. The van der Waals surface area contributed by atoms with Crippen molar-refractivity contribution >= 4 is 11.9 Å². The van der Waals surface area contributed by atoms with Gasteiger partial charge in [0.2, 0.25) is 0 Å². The number of carbonyl (C=O) groups is 2. The van der Waals surface area contributed by atoms with Crippen molar-refractivity contribution in [3.05, 3.63) is 154 Å². The van der Waals surface area contributed by atoms with E-state index in [0.29, 0.717) is 48.9 Å². The Morgan fingerprint density at radius 1 is 0.587 bits per heavy atom. The van der Waals surface area contributed by atoms with E-state index < -0.39 is 5.97 Å². The van der Waals surface area contributed by atoms with Gasteiger partial charge in [0.05, 0.1) is 17.1 Å². The van der Waals surface area contributed by atoms with E-state index in [4.69, 9.17) is 19.3 Å². The van der Waals surface area contributed by atoms with Crippen LogP contribution >= 0.6 is 0 Å². The van der Waals surface area contributed by atoms with Gasteiger partial charge in [0.1, 0.15) is 19.8 Å². The minimum Gasteiger partial charge on any atom is -0.485 e. The van der Waals surface area contributed by atoms with Gasteiger partial charge in [0.25, 0.3) is 0 Å². The molecule has 0 radical (unpaired) electrons. The van der Waals surface area contributed by atoms with Gasteiger partial charge >= 0.3 is 11.9 Å². The molecule has 1 heterocycles. The summed E-state index contributed by atoms with van der Waals surface area (Å²) in [5.74, 6) is 0.0910. The van der Waals surface area contributed by atoms with Crippen LogP contribution in [-0.4, -0.2) is 27.0 Å². The number of nitrogens with zero attached hydrogens (tertiary/aromatic N) is 2. The SMILES string of the molecule is Cc1nc(C)c(C(=O)O)nc1C.O=C(CCc1ccc(OCc2ccccc2)c(OCc2ccccc2)c1)OCc1ccccc1. The van der Waals surface area contributed by atoms with Gasteiger partial charge in [0, 0.05) is 6.42 Å². The maximum atomic E-state index is 12.2. The lowest BCUT2D eigenvalue weighted by Gasteiger charge is -2.15. The van der Waals surface area contributed by atoms with Crippen molar-refractivity contribution in [2.75, 3.05) is 0 Å². The van der Waals surface area contributed by atoms with Gasteiger partial charge in [-0.3, -0.25) is 9.78 Å². The van der Waals surface area contributed by atoms with Crippen molar-refractivity contribution < 1.29 is 28.9 Å². The summed E-state index contributed by atoms with van der Waals surface area (Å²) in [5, 5.41) is 8.68. The molecule has 0 saturated carbocycles. The molecule has 0 unspecified atom stereocenters. The van der Waals surface area contributed by atoms with Gasteiger partial charge < -0.3 is 19.3 Å². The predicted octanol–water partition coefficient (Wildman–Crippen LogP) is 7.62. The predicted molar refractivity (Wildman–Crippen MR) is 176 cm³/mol. The fourth-order valence-electron chi connectivity index (χ4n) is 4.38. The molecular weight excluding hydrogens is 580 g/mol. The number of aromatic nitrogens is 2. The summed E-state index contributed by atoms with van der Waals surface area (Å²) in [5.41, 5.74) is 6.08. The zero-order chi connectivity index (χ0) is 32.7. The number of aryl methyl sites for hydroxylation is 4. The number of ether oxygens (including phenoxy) is 3. The first-order valence-electron chi connectivity index (χ1n) is 15.0. The number of hydrogen-bond donors (Lipinski definition) is 1. The summed E-state index contributed by atoms with van der Waals surface area (Å²) in [7, 11) is 0. The molecule has 0 aliphatic carbocycles. The minimum absolute atomic E-state index is 0.0399. The fraction of sp³-hybridized carbons (Fsp3) is 0.211. The molecule has 0 spiro atoms. The molecule has 5 aromatic rings. The first kappa shape index (κ1) is 33.4. The number of carboxylic acids is 1. The van der Waals surface area contributed by atoms with Crippen molar-refractivity contribution in [1.29, 1.82) is 0 Å². The summed E-state index contributed by atoms with van der Waals surface area (Å²) in [6.07, 6.45) is 0.865. The molecule has 0 aliphatic heterocycles. The summed E-state index contributed by atoms with van der Waals surface area (Å²) in [4.78, 5) is 30.8. The second-order valence-corrected chi connectivity index (χ2v) is 10.6. The van der Waals surface area contributed by atoms with Gasteiger partial charge in [-0.25, -0.2) is 9.78 Å². The van der Waals surface area contributed by atoms with Crippen LogP contribution < -0.4 is 9.47 Å². The van der Waals surface area contributed by atoms with Crippen molar-refractivity contribution in [2.45, 2.75) is 53.4 Å². The maximum Gasteiger partial charge on any atom is 0.356 e. The van der Waals surface area contributed by atoms with E-state index in [2.05, 4.69) is 9.97 Å². The van der Waals surface area contributed by atoms with Crippen LogP contribution in [0.3, 0.4) is 0 Å². The molecule has 46 heavy (non-hydrogen) atoms. The lowest BCUT2D eigenvalue weighted by atomic mass is 10.1. The number of carbonyl (C=O) groups excluding carboxylic acids is 1. The summed E-state index contributed by atoms with van der Waals surface area (Å²) >= 11 is 0. The summed E-state index contributed by atoms with van der Waals surface area (Å²) in [6.45, 7) is 6.37. The van der Waals surface area contributed by atoms with E-state index in [1.54, 1.807) is 20.8 Å². The average molecular weight is 619 g/mol. The van der Waals surface area contributed by atoms with Crippen LogP contribution in [0.15, 0.2) is 109 Å². The molecular formula is C38H38N2O6. The van der Waals surface area contributed by atoms with Gasteiger partial charge in [-0.2, -0.15) is 0 Å². The molecule has 236 valence electrons. The van der Waals surface area contributed by atoms with E-state index in [1.165, 1.54) is 0 Å². The average Bonchev–Trinajstić information content (AvgIpc) is 3.08. The lowest BCUT2D eigenvalue weighted by molar-refractivity contribution is -0.144. The Morgan fingerprint density at radius 3 is 1.63 bits per heavy atom. The third-order valence-electron chi connectivity index (χ3n) is 7.03. The third kappa shape index (κ3) is 10.6. The minimum atomic E-state index is -1.02. The molecule has 1 N–H and O–H groups in total. The zero-order valence-corrected chi connectivity index (χ0v) is 26.3. The van der Waals surface area contributed by atoms with Crippen LogP contribution in [0.4, 0.5) is 0 Å². The Kier molecular flexibility index (Phi) is 12.4. The van der Waals surface area contributed by atoms with Gasteiger partial charge in [-0.15, -0.1) is 0 Å². The molecule has 0 atom stereocenters. The molecule has 0 fully saturated rings. The van der Waals surface area contributed by atoms with Gasteiger partial charge in [0.15, 0.2) is 17.2 Å². The van der Waals surface area contributed by atoms with Gasteiger partial charge in [-0.05, 0) is 61.6 Å². The molecule has 4 aromatic carbocycles. The van der Waals surface area contributed by atoms with Crippen molar-refractivity contribution in [1.82, 2.24) is 9.97 Å². The second kappa shape index (κ2) is 17.1. The molecule has 1 aromatic heterocycles. The highest BCUT2D eigenvalue weighted by molar-refractivity contribution is 5.86. The Morgan fingerprint density at radius 2 is 1.09 bits per heavy atom. The molecule has 0 bridgehead atoms. The Balaban J connectivity index is 0.000000337. The summed E-state index contributed by atoms with van der Waals surface area (Å²) < 4.78 is 17.6. The Labute approximate surface area is 269 Å². The standard InChI is InChI=1S/C30H28O4.C8H10N2O2/c31-30(34-23-27-14-8-3-9-15-27)19-17-24-16-18-28(32-21-25-10-4-1-5-11-25)29(20-24)33-22-26-12-6-2-7-13-26;1-4-5(2)10-7(8(11)12)6(3)9-4/h1-16,18,20H,17,19,21-23H2;1-3H3,(H,11,12). The van der Waals surface area contributed by atoms with Gasteiger partial charge in [-0.1, -0.05) is 97.1 Å². The van der Waals surface area contributed by atoms with Crippen molar-refractivity contribution in [2.24, 2.45) is 0 Å². The molecule has 8 nitrogen and oxygen atoms in total. The third-order valence-corrected chi connectivity index (χ3v) is 7.03. The van der Waals surface area contributed by atoms with Crippen LogP contribution in [0, 0.1) is 20.8 Å². The highest BCUT2D eigenvalue weighted by Gasteiger charge is 2.12. The number of esters is 1. The van der Waals surface area contributed by atoms with Crippen LogP contribution in [-0.2, 0) is 35.8 Å². The first-order chi connectivity index (χ1) is 22.3. The molecule has 0 aliphatic rings. The second-order valence-electron chi connectivity index (χ2n) is 10.6. The van der Waals surface area contributed by atoms with Crippen LogP contribution in [0.1, 0.15) is 56.2 Å². The van der Waals surface area contributed by atoms with E-state index in [0.717, 1.165) is 27.9 Å². The van der Waals surface area contributed by atoms with Crippen LogP contribution in [0.2, 0.25) is 0 Å². The highest BCUT2D eigenvalue weighted by Crippen LogP contribution is 2.30. The van der Waals surface area contributed by atoms with E-state index in [-0.39, 0.29) is 18.3 Å². The number of hydrogen-bond acceptors (Lipinski definition) is 7. The number of rotatable bonds is 12. The lowest BCUT2D eigenvalue weighted by Crippen LogP contribution is -2.08. The van der Waals surface area contributed by atoms with E-state index >= 15 is 0 Å². The topological polar surface area (TPSA) is 108 Å². The Bertz CT molecular complexity index is 1710. The van der Waals surface area contributed by atoms with E-state index in [9.17, 15) is 9.59 Å². The molecule has 5 rings (SSSR count). The fourth-order valence-corrected chi connectivity index (χ4v) is 4.38. The maximum absolute atomic E-state index is 12.2. The smallest absolute Gasteiger partial charge is 0.356 e. The number of aromatic carboxylic acids is 1. The highest BCUT2D eigenvalue weighted by atomic mass is 16.5. The zero-order valence-electron chi connectivity index (χ0n) is 26.3. The monoisotopic (exact) mass is 618 g/mol. The molecule has 0 amide bonds. The normalized spacial score (nSPS) is 10.3. The first-order valence-corrected chi connectivity index (χ1v) is 15.0. The van der Waals surface area contributed by atoms with Crippen molar-refractivity contribution in [3.63, 3.8) is 0 Å².